The van der Waals surface area contributed by atoms with Crippen LogP contribution in [0.4, 0.5) is 4.79 Å². The van der Waals surface area contributed by atoms with E-state index in [9.17, 15) is 9.59 Å². The normalized spacial score (nSPS) is 25.4. The van der Waals surface area contributed by atoms with E-state index in [-0.39, 0.29) is 11.9 Å². The Bertz CT molecular complexity index is 964. The number of imide groups is 1. The largest absolute Gasteiger partial charge is 0.326 e. The number of amides is 3. The highest BCUT2D eigenvalue weighted by Crippen LogP contribution is 2.39. The molecule has 8 nitrogen and oxygen atoms in total. The van der Waals surface area contributed by atoms with Crippen molar-refractivity contribution >= 4 is 11.9 Å². The molecule has 3 amide bonds. The topological polar surface area (TPSA) is 83.4 Å². The molecule has 2 aromatic rings. The van der Waals surface area contributed by atoms with E-state index >= 15 is 0 Å². The number of carbonyl (C=O) groups is 2. The number of nitrogens with zero attached hydrogens (tertiary/aromatic N) is 5. The second-order valence-corrected chi connectivity index (χ2v) is 8.77. The van der Waals surface area contributed by atoms with Gasteiger partial charge in [0, 0.05) is 26.1 Å². The van der Waals surface area contributed by atoms with Gasteiger partial charge in [-0.15, -0.1) is 10.2 Å². The van der Waals surface area contributed by atoms with Gasteiger partial charge in [-0.25, -0.2) is 9.69 Å². The number of hydrogen-bond acceptors (Lipinski definition) is 5. The smallest absolute Gasteiger partial charge is 0.320 e. The molecular formula is C22H28N6O2. The van der Waals surface area contributed by atoms with Crippen LogP contribution in [-0.4, -0.2) is 56.3 Å². The highest BCUT2D eigenvalue weighted by molar-refractivity contribution is 6.07. The second kappa shape index (κ2) is 7.50. The van der Waals surface area contributed by atoms with Gasteiger partial charge in [0.15, 0.2) is 0 Å². The predicted octanol–water partition coefficient (Wildman–Crippen LogP) is 2.13. The van der Waals surface area contributed by atoms with Gasteiger partial charge in [-0.1, -0.05) is 24.3 Å². The molecule has 2 saturated heterocycles. The zero-order valence-electron chi connectivity index (χ0n) is 17.4. The van der Waals surface area contributed by atoms with Gasteiger partial charge in [0.1, 0.15) is 17.7 Å². The van der Waals surface area contributed by atoms with Gasteiger partial charge in [-0.05, 0) is 49.7 Å². The Morgan fingerprint density at radius 2 is 1.97 bits per heavy atom. The standard InChI is InChI=1S/C22H28N6O2/c1-26-14-23-25-19(26)17-9-12-27(13-10-17)15-28-20(29)22(24-21(28)30)11-5-4-7-16-6-2-3-8-18(16)22/h2-3,6,8,14,17H,4-5,7,9-13,15H2,1H3,(H,24,30)/t22-/m0/s1. The highest BCUT2D eigenvalue weighted by Gasteiger charge is 2.53. The number of aromatic nitrogens is 3. The summed E-state index contributed by atoms with van der Waals surface area (Å²) in [5.74, 6) is 1.29. The summed E-state index contributed by atoms with van der Waals surface area (Å²) < 4.78 is 1.98. The lowest BCUT2D eigenvalue weighted by Crippen LogP contribution is -2.47. The van der Waals surface area contributed by atoms with Gasteiger partial charge in [0.25, 0.3) is 5.91 Å². The number of rotatable bonds is 3. The van der Waals surface area contributed by atoms with E-state index in [1.807, 2.05) is 29.8 Å². The maximum atomic E-state index is 13.6. The number of hydrogen-bond donors (Lipinski definition) is 1. The van der Waals surface area contributed by atoms with Crippen molar-refractivity contribution in [2.45, 2.75) is 50.0 Å². The first-order chi connectivity index (χ1) is 14.6. The molecule has 158 valence electrons. The fourth-order valence-electron chi connectivity index (χ4n) is 5.30. The van der Waals surface area contributed by atoms with E-state index < -0.39 is 5.54 Å². The summed E-state index contributed by atoms with van der Waals surface area (Å²) in [5.41, 5.74) is 1.25. The number of carbonyl (C=O) groups excluding carboxylic acids is 2. The fraction of sp³-hybridized carbons (Fsp3) is 0.545. The van der Waals surface area contributed by atoms with Crippen LogP contribution in [0.2, 0.25) is 0 Å². The summed E-state index contributed by atoms with van der Waals surface area (Å²) in [7, 11) is 1.97. The quantitative estimate of drug-likeness (QED) is 0.787. The summed E-state index contributed by atoms with van der Waals surface area (Å²) in [6.07, 6.45) is 7.22. The molecule has 2 fully saturated rings. The van der Waals surface area contributed by atoms with E-state index in [4.69, 9.17) is 0 Å². The van der Waals surface area contributed by atoms with Crippen LogP contribution in [-0.2, 0) is 23.8 Å². The van der Waals surface area contributed by atoms with Crippen LogP contribution >= 0.6 is 0 Å². The van der Waals surface area contributed by atoms with E-state index in [0.717, 1.165) is 56.6 Å². The van der Waals surface area contributed by atoms with Crippen LogP contribution < -0.4 is 5.32 Å². The maximum absolute atomic E-state index is 13.6. The zero-order chi connectivity index (χ0) is 20.7. The molecule has 1 aliphatic carbocycles. The maximum Gasteiger partial charge on any atom is 0.326 e. The average molecular weight is 409 g/mol. The summed E-state index contributed by atoms with van der Waals surface area (Å²) in [6.45, 7) is 2.01. The molecule has 2 aliphatic heterocycles. The molecule has 8 heteroatoms. The molecule has 0 radical (unpaired) electrons. The molecule has 1 spiro atoms. The minimum Gasteiger partial charge on any atom is -0.320 e. The van der Waals surface area contributed by atoms with Crippen molar-refractivity contribution < 1.29 is 9.59 Å². The molecule has 1 N–H and O–H groups in total. The van der Waals surface area contributed by atoms with Gasteiger partial charge in [0.05, 0.1) is 6.67 Å². The number of piperidine rings is 1. The van der Waals surface area contributed by atoms with Crippen LogP contribution in [0, 0.1) is 0 Å². The Morgan fingerprint density at radius 3 is 2.73 bits per heavy atom. The van der Waals surface area contributed by atoms with Crippen LogP contribution in [0.3, 0.4) is 0 Å². The van der Waals surface area contributed by atoms with E-state index in [0.29, 0.717) is 19.0 Å². The first-order valence-corrected chi connectivity index (χ1v) is 10.9. The number of aryl methyl sites for hydroxylation is 2. The van der Waals surface area contributed by atoms with E-state index in [1.54, 1.807) is 6.33 Å². The van der Waals surface area contributed by atoms with Crippen molar-refractivity contribution in [3.63, 3.8) is 0 Å². The first kappa shape index (κ1) is 19.2. The number of benzene rings is 1. The fourth-order valence-corrected chi connectivity index (χ4v) is 5.30. The van der Waals surface area contributed by atoms with Crippen molar-refractivity contribution in [3.05, 3.63) is 47.5 Å². The number of nitrogens with one attached hydrogen (secondary N) is 1. The molecule has 1 aromatic carbocycles. The van der Waals surface area contributed by atoms with E-state index in [2.05, 4.69) is 26.5 Å². The van der Waals surface area contributed by atoms with Gasteiger partial charge in [0.2, 0.25) is 0 Å². The summed E-state index contributed by atoms with van der Waals surface area (Å²) in [4.78, 5) is 30.1. The van der Waals surface area contributed by atoms with Crippen molar-refractivity contribution in [1.29, 1.82) is 0 Å². The number of urea groups is 1. The third-order valence-corrected chi connectivity index (χ3v) is 6.94. The summed E-state index contributed by atoms with van der Waals surface area (Å²) >= 11 is 0. The molecule has 3 aliphatic rings. The lowest BCUT2D eigenvalue weighted by molar-refractivity contribution is -0.133. The molecule has 0 saturated carbocycles. The van der Waals surface area contributed by atoms with Crippen LogP contribution in [0.15, 0.2) is 30.6 Å². The van der Waals surface area contributed by atoms with Gasteiger partial charge < -0.3 is 9.88 Å². The number of likely N-dealkylation sites (tertiary alicyclic amines) is 1. The Labute approximate surface area is 176 Å². The third-order valence-electron chi connectivity index (χ3n) is 6.94. The highest BCUT2D eigenvalue weighted by atomic mass is 16.2. The molecule has 3 heterocycles. The SMILES string of the molecule is Cn1cnnc1C1CCN(CN2C(=O)N[C@]3(CCCCc4ccccc43)C2=O)CC1. The van der Waals surface area contributed by atoms with Gasteiger partial charge in [-0.2, -0.15) is 0 Å². The minimum absolute atomic E-state index is 0.0997. The average Bonchev–Trinajstić information content (AvgIpc) is 3.21. The monoisotopic (exact) mass is 408 g/mol. The van der Waals surface area contributed by atoms with Gasteiger partial charge in [-0.3, -0.25) is 9.69 Å². The Morgan fingerprint density at radius 1 is 1.17 bits per heavy atom. The van der Waals surface area contributed by atoms with Crippen molar-refractivity contribution in [1.82, 2.24) is 29.9 Å². The zero-order valence-corrected chi connectivity index (χ0v) is 17.4. The third kappa shape index (κ3) is 3.10. The van der Waals surface area contributed by atoms with Crippen molar-refractivity contribution in [3.8, 4) is 0 Å². The molecular weight excluding hydrogens is 380 g/mol. The Balaban J connectivity index is 1.31. The Hall–Kier alpha value is -2.74. The molecule has 1 atom stereocenters. The van der Waals surface area contributed by atoms with Crippen molar-refractivity contribution in [2.75, 3.05) is 19.8 Å². The molecule has 5 rings (SSSR count). The predicted molar refractivity (Wildman–Crippen MR) is 110 cm³/mol. The second-order valence-electron chi connectivity index (χ2n) is 8.77. The molecule has 1 aromatic heterocycles. The number of fused-ring (bicyclic) bond motifs is 2. The van der Waals surface area contributed by atoms with Crippen molar-refractivity contribution in [2.24, 2.45) is 7.05 Å². The summed E-state index contributed by atoms with van der Waals surface area (Å²) in [5, 5.41) is 11.3. The van der Waals surface area contributed by atoms with Crippen LogP contribution in [0.25, 0.3) is 0 Å². The van der Waals surface area contributed by atoms with Gasteiger partial charge >= 0.3 is 6.03 Å². The lowest BCUT2D eigenvalue weighted by atomic mass is 9.84. The van der Waals surface area contributed by atoms with Crippen LogP contribution in [0.5, 0.6) is 0 Å². The lowest BCUT2D eigenvalue weighted by Gasteiger charge is -2.33. The first-order valence-electron chi connectivity index (χ1n) is 10.9. The van der Waals surface area contributed by atoms with Crippen LogP contribution in [0.1, 0.15) is 55.0 Å². The molecule has 0 bridgehead atoms. The molecule has 30 heavy (non-hydrogen) atoms. The Kier molecular flexibility index (Phi) is 4.81. The minimum atomic E-state index is -0.902. The summed E-state index contributed by atoms with van der Waals surface area (Å²) in [6, 6.07) is 7.80. The van der Waals surface area contributed by atoms with E-state index in [1.165, 1.54) is 10.5 Å². The molecule has 0 unspecified atom stereocenters.